The minimum atomic E-state index is -4.65. The number of nitrogens with two attached hydrogens (primary N) is 1. The number of fused-ring (bicyclic) bond motifs is 1. The normalized spacial score (nSPS) is 12.1. The number of rotatable bonds is 7. The maximum atomic E-state index is 15.2. The Morgan fingerprint density at radius 3 is 2.41 bits per heavy atom. The van der Waals surface area contributed by atoms with Crippen LogP contribution in [-0.4, -0.2) is 26.4 Å². The Kier molecular flexibility index (Phi) is 5.82. The first-order chi connectivity index (χ1) is 16.1. The molecule has 0 saturated heterocycles. The van der Waals surface area contributed by atoms with Crippen LogP contribution < -0.4 is 11.1 Å². The number of nitrogens with one attached hydrogen (secondary N) is 1. The average Bonchev–Trinajstić information content (AvgIpc) is 3.37. The summed E-state index contributed by atoms with van der Waals surface area (Å²) in [6, 6.07) is 9.54. The molecule has 0 bridgehead atoms. The molecule has 2 heterocycles. The first-order valence-corrected chi connectivity index (χ1v) is 9.85. The van der Waals surface area contributed by atoms with Crippen LogP contribution in [0.25, 0.3) is 22.6 Å². The predicted molar refractivity (Wildman–Crippen MR) is 111 cm³/mol. The zero-order valence-electron chi connectivity index (χ0n) is 17.3. The van der Waals surface area contributed by atoms with Gasteiger partial charge in [0.25, 0.3) is 5.92 Å². The molecule has 0 aliphatic carbocycles. The summed E-state index contributed by atoms with van der Waals surface area (Å²) in [5, 5.41) is 18.9. The third kappa shape index (κ3) is 4.47. The molecule has 13 heteroatoms. The van der Waals surface area contributed by atoms with E-state index in [9.17, 15) is 13.2 Å². The van der Waals surface area contributed by atoms with E-state index >= 15 is 8.78 Å². The number of hydrogen-bond acceptors (Lipinski definition) is 7. The van der Waals surface area contributed by atoms with Crippen LogP contribution in [0.1, 0.15) is 17.5 Å². The third-order valence-corrected chi connectivity index (χ3v) is 4.99. The second-order valence-electron chi connectivity index (χ2n) is 7.35. The Morgan fingerprint density at radius 2 is 1.74 bits per heavy atom. The second-order valence-corrected chi connectivity index (χ2v) is 7.35. The van der Waals surface area contributed by atoms with Crippen LogP contribution in [0.3, 0.4) is 0 Å². The molecule has 3 N–H and O–H groups in total. The van der Waals surface area contributed by atoms with E-state index < -0.39 is 24.2 Å². The van der Waals surface area contributed by atoms with Crippen molar-refractivity contribution in [3.63, 3.8) is 0 Å². The van der Waals surface area contributed by atoms with Crippen molar-refractivity contribution in [1.29, 1.82) is 5.26 Å². The van der Waals surface area contributed by atoms with E-state index in [0.717, 1.165) is 22.8 Å². The zero-order chi connectivity index (χ0) is 24.5. The van der Waals surface area contributed by atoms with Crippen molar-refractivity contribution in [1.82, 2.24) is 19.9 Å². The number of alkyl halides is 5. The zero-order valence-corrected chi connectivity index (χ0v) is 17.3. The molecule has 0 saturated carbocycles. The summed E-state index contributed by atoms with van der Waals surface area (Å²) >= 11 is 0. The lowest BCUT2D eigenvalue weighted by Crippen LogP contribution is -2.22. The van der Waals surface area contributed by atoms with E-state index in [1.165, 1.54) is 24.3 Å². The molecule has 0 fully saturated rings. The van der Waals surface area contributed by atoms with E-state index in [1.54, 1.807) is 0 Å². The largest absolute Gasteiger partial charge is 0.416 e. The topological polar surface area (TPSA) is 119 Å². The molecule has 176 valence electrons. The van der Waals surface area contributed by atoms with Gasteiger partial charge in [-0.15, -0.1) is 0 Å². The van der Waals surface area contributed by atoms with Gasteiger partial charge in [0.2, 0.25) is 5.82 Å². The van der Waals surface area contributed by atoms with E-state index in [2.05, 4.69) is 20.6 Å². The third-order valence-electron chi connectivity index (χ3n) is 4.99. The van der Waals surface area contributed by atoms with Crippen LogP contribution in [0.2, 0.25) is 0 Å². The van der Waals surface area contributed by atoms with E-state index in [4.69, 9.17) is 15.6 Å². The number of hydrogen-bond donors (Lipinski definition) is 2. The van der Waals surface area contributed by atoms with Crippen molar-refractivity contribution in [2.24, 2.45) is 0 Å². The van der Waals surface area contributed by atoms with Crippen molar-refractivity contribution >= 4 is 22.5 Å². The van der Waals surface area contributed by atoms with Crippen LogP contribution in [0.5, 0.6) is 0 Å². The van der Waals surface area contributed by atoms with Gasteiger partial charge in [0, 0.05) is 17.8 Å². The van der Waals surface area contributed by atoms with Gasteiger partial charge in [-0.1, -0.05) is 12.1 Å². The molecule has 0 unspecified atom stereocenters. The van der Waals surface area contributed by atoms with Crippen LogP contribution in [0.4, 0.5) is 33.5 Å². The summed E-state index contributed by atoms with van der Waals surface area (Å²) < 4.78 is 75.9. The van der Waals surface area contributed by atoms with Crippen LogP contribution in [-0.2, 0) is 18.6 Å². The molecule has 4 rings (SSSR count). The number of nitrogen functional groups attached to an aromatic ring is 1. The average molecular weight is 477 g/mol. The molecule has 2 aromatic carbocycles. The summed E-state index contributed by atoms with van der Waals surface area (Å²) in [6.45, 7) is -0.809. The molecule has 8 nitrogen and oxygen atoms in total. The Morgan fingerprint density at radius 1 is 1.03 bits per heavy atom. The highest BCUT2D eigenvalue weighted by Gasteiger charge is 2.36. The number of halogens is 5. The highest BCUT2D eigenvalue weighted by atomic mass is 19.4. The summed E-state index contributed by atoms with van der Waals surface area (Å²) in [7, 11) is 0. The fourth-order valence-corrected chi connectivity index (χ4v) is 3.35. The molecule has 2 aromatic heterocycles. The molecular weight excluding hydrogens is 461 g/mol. The van der Waals surface area contributed by atoms with E-state index in [1.807, 2.05) is 6.07 Å². The summed E-state index contributed by atoms with van der Waals surface area (Å²) in [5.74, 6) is -3.60. The van der Waals surface area contributed by atoms with E-state index in [-0.39, 0.29) is 46.9 Å². The standard InChI is InChI=1S/C21H16F5N7O/c22-20(23,12-2-5-14(28)6-3-12)11-33-16-7-4-13(21(24,25)26)10-15(16)30-19(33)17-18(32-34-31-17)29-9-1-8-27/h2-7,10H,1,9,11,28H2,(H,29,32). The number of nitrogens with zero attached hydrogens (tertiary/aromatic N) is 5. The number of aromatic nitrogens is 4. The van der Waals surface area contributed by atoms with Gasteiger partial charge in [0.05, 0.1) is 35.6 Å². The molecule has 0 spiro atoms. The Balaban J connectivity index is 1.84. The highest BCUT2D eigenvalue weighted by Crippen LogP contribution is 2.37. The van der Waals surface area contributed by atoms with Gasteiger partial charge in [-0.3, -0.25) is 0 Å². The Bertz CT molecular complexity index is 1350. The van der Waals surface area contributed by atoms with Gasteiger partial charge < -0.3 is 15.6 Å². The molecule has 0 aliphatic rings. The minimum Gasteiger partial charge on any atom is -0.399 e. The first-order valence-electron chi connectivity index (χ1n) is 9.85. The van der Waals surface area contributed by atoms with E-state index in [0.29, 0.717) is 5.69 Å². The van der Waals surface area contributed by atoms with Crippen molar-refractivity contribution in [2.45, 2.75) is 25.1 Å². The molecule has 4 aromatic rings. The smallest absolute Gasteiger partial charge is 0.399 e. The summed E-state index contributed by atoms with van der Waals surface area (Å²) in [5.41, 5.74) is 4.34. The van der Waals surface area contributed by atoms with Gasteiger partial charge in [-0.05, 0) is 40.6 Å². The van der Waals surface area contributed by atoms with Crippen LogP contribution in [0.15, 0.2) is 47.1 Å². The summed E-state index contributed by atoms with van der Waals surface area (Å²) in [4.78, 5) is 4.15. The van der Waals surface area contributed by atoms with Crippen molar-refractivity contribution in [3.05, 3.63) is 53.6 Å². The number of imidazole rings is 1. The fourth-order valence-electron chi connectivity index (χ4n) is 3.35. The van der Waals surface area contributed by atoms with Crippen molar-refractivity contribution < 1.29 is 26.6 Å². The maximum absolute atomic E-state index is 15.2. The fraction of sp³-hybridized carbons (Fsp3) is 0.238. The lowest BCUT2D eigenvalue weighted by atomic mass is 10.1. The Hall–Kier alpha value is -4.21. The van der Waals surface area contributed by atoms with Crippen molar-refractivity contribution in [3.8, 4) is 17.6 Å². The molecule has 0 radical (unpaired) electrons. The maximum Gasteiger partial charge on any atom is 0.416 e. The van der Waals surface area contributed by atoms with Crippen LogP contribution >= 0.6 is 0 Å². The Labute approximate surface area is 188 Å². The SMILES string of the molecule is N#CCCNc1nonc1-c1nc2cc(C(F)(F)F)ccc2n1CC(F)(F)c1ccc(N)cc1. The van der Waals surface area contributed by atoms with Gasteiger partial charge in [-0.2, -0.15) is 27.2 Å². The number of anilines is 2. The molecular formula is C21H16F5N7O. The molecule has 0 atom stereocenters. The highest BCUT2D eigenvalue weighted by molar-refractivity contribution is 5.82. The summed E-state index contributed by atoms with van der Waals surface area (Å²) in [6.07, 6.45) is -4.54. The van der Waals surface area contributed by atoms with Crippen LogP contribution in [0, 0.1) is 11.3 Å². The quantitative estimate of drug-likeness (QED) is 0.223. The van der Waals surface area contributed by atoms with Gasteiger partial charge in [0.15, 0.2) is 11.5 Å². The monoisotopic (exact) mass is 477 g/mol. The lowest BCUT2D eigenvalue weighted by molar-refractivity contribution is -0.137. The van der Waals surface area contributed by atoms with Crippen molar-refractivity contribution in [2.75, 3.05) is 17.6 Å². The molecule has 0 amide bonds. The second kappa shape index (κ2) is 8.62. The molecule has 34 heavy (non-hydrogen) atoms. The number of benzene rings is 2. The van der Waals surface area contributed by atoms with Gasteiger partial charge >= 0.3 is 6.18 Å². The van der Waals surface area contributed by atoms with Gasteiger partial charge in [-0.25, -0.2) is 9.61 Å². The molecule has 0 aliphatic heterocycles. The first kappa shape index (κ1) is 23.0. The number of nitriles is 1. The minimum absolute atomic E-state index is 0.0126. The lowest BCUT2D eigenvalue weighted by Gasteiger charge is -2.19. The van der Waals surface area contributed by atoms with Gasteiger partial charge in [0.1, 0.15) is 0 Å². The predicted octanol–water partition coefficient (Wildman–Crippen LogP) is 4.80.